The summed E-state index contributed by atoms with van der Waals surface area (Å²) >= 11 is 5.50. The molecule has 0 aromatic rings. The largest absolute Gasteiger partial charge is 0.100 e. The van der Waals surface area contributed by atoms with Crippen molar-refractivity contribution < 1.29 is 0 Å². The Balaban J connectivity index is 0. The summed E-state index contributed by atoms with van der Waals surface area (Å²) in [5, 5.41) is 0. The molecule has 0 N–H and O–H groups in total. The van der Waals surface area contributed by atoms with Crippen LogP contribution in [-0.2, 0) is 0 Å². The fraction of sp³-hybridized carbons (Fsp3) is 0.500. The molecule has 38 valence electrons. The predicted molar refractivity (Wildman–Crippen MR) is 38.3 cm³/mol. The van der Waals surface area contributed by atoms with Crippen molar-refractivity contribution in [3.63, 3.8) is 0 Å². The molecular formula is C4H8Br2. The average Bonchev–Trinajstić information content (AvgIpc) is 1.41. The molecule has 0 unspecified atom stereocenters. The lowest BCUT2D eigenvalue weighted by molar-refractivity contribution is 1.42. The summed E-state index contributed by atoms with van der Waals surface area (Å²) in [6, 6.07) is 0. The number of hydrogen-bond acceptors (Lipinski definition) is 0. The SMILES string of the molecule is BrBr.C=C(C)C. The van der Waals surface area contributed by atoms with Crippen LogP contribution < -0.4 is 0 Å². The van der Waals surface area contributed by atoms with E-state index < -0.39 is 0 Å². The van der Waals surface area contributed by atoms with E-state index in [1.165, 1.54) is 5.57 Å². The lowest BCUT2D eigenvalue weighted by atomic mass is 10.4. The van der Waals surface area contributed by atoms with Crippen molar-refractivity contribution in [3.05, 3.63) is 12.2 Å². The molecule has 0 fully saturated rings. The van der Waals surface area contributed by atoms with Crippen LogP contribution in [0.25, 0.3) is 0 Å². The zero-order chi connectivity index (χ0) is 5.58. The van der Waals surface area contributed by atoms with Gasteiger partial charge >= 0.3 is 0 Å². The normalized spacial score (nSPS) is 5.33. The molecule has 0 saturated heterocycles. The fourth-order valence-electron chi connectivity index (χ4n) is 0. The van der Waals surface area contributed by atoms with Crippen molar-refractivity contribution >= 4 is 28.3 Å². The number of hydrogen-bond donors (Lipinski definition) is 0. The van der Waals surface area contributed by atoms with Crippen molar-refractivity contribution in [2.75, 3.05) is 0 Å². The summed E-state index contributed by atoms with van der Waals surface area (Å²) in [5.74, 6) is 0. The second kappa shape index (κ2) is 9.20. The van der Waals surface area contributed by atoms with E-state index in [-0.39, 0.29) is 0 Å². The zero-order valence-corrected chi connectivity index (χ0v) is 7.14. The second-order valence-corrected chi connectivity index (χ2v) is 1.21. The first kappa shape index (κ1) is 9.85. The van der Waals surface area contributed by atoms with Gasteiger partial charge in [-0.05, 0) is 13.8 Å². The highest BCUT2D eigenvalue weighted by atomic mass is 80.9. The van der Waals surface area contributed by atoms with E-state index in [2.05, 4.69) is 34.8 Å². The number of halogens is 2. The summed E-state index contributed by atoms with van der Waals surface area (Å²) in [5.41, 5.74) is 1.17. The molecule has 0 nitrogen and oxygen atoms in total. The number of allylic oxidation sites excluding steroid dienone is 1. The van der Waals surface area contributed by atoms with E-state index in [1.54, 1.807) is 0 Å². The minimum absolute atomic E-state index is 1.17. The maximum atomic E-state index is 3.56. The van der Waals surface area contributed by atoms with Crippen LogP contribution >= 0.6 is 28.3 Å². The molecule has 0 amide bonds. The zero-order valence-electron chi connectivity index (χ0n) is 3.96. The molecule has 0 rings (SSSR count). The fourth-order valence-corrected chi connectivity index (χ4v) is 0. The van der Waals surface area contributed by atoms with Gasteiger partial charge in [0.25, 0.3) is 0 Å². The third-order valence-electron chi connectivity index (χ3n) is 0. The van der Waals surface area contributed by atoms with Gasteiger partial charge in [0.05, 0.1) is 0 Å². The maximum absolute atomic E-state index is 3.56. The standard InChI is InChI=1S/C4H8.Br2/c1-4(2)3;1-2/h1H2,2-3H3;. The molecule has 0 spiro atoms. The van der Waals surface area contributed by atoms with Crippen LogP contribution in [0.2, 0.25) is 0 Å². The summed E-state index contributed by atoms with van der Waals surface area (Å²) in [4.78, 5) is 0. The van der Waals surface area contributed by atoms with Gasteiger partial charge in [0.2, 0.25) is 0 Å². The minimum atomic E-state index is 1.17. The van der Waals surface area contributed by atoms with Crippen molar-refractivity contribution in [2.45, 2.75) is 13.8 Å². The second-order valence-electron chi connectivity index (χ2n) is 1.21. The molecule has 0 heterocycles. The van der Waals surface area contributed by atoms with Crippen LogP contribution in [0.15, 0.2) is 12.2 Å². The smallest absolute Gasteiger partial charge is 0 e. The Morgan fingerprint density at radius 2 is 1.33 bits per heavy atom. The van der Waals surface area contributed by atoms with E-state index in [0.717, 1.165) is 0 Å². The van der Waals surface area contributed by atoms with Crippen LogP contribution in [0.4, 0.5) is 0 Å². The highest BCUT2D eigenvalue weighted by Gasteiger charge is 1.51. The van der Waals surface area contributed by atoms with E-state index in [4.69, 9.17) is 0 Å². The Hall–Kier alpha value is 0.700. The maximum Gasteiger partial charge on any atom is 0 e. The lowest BCUT2D eigenvalue weighted by Gasteiger charge is -1.65. The first-order valence-electron chi connectivity index (χ1n) is 1.50. The molecule has 0 saturated carbocycles. The van der Waals surface area contributed by atoms with Gasteiger partial charge in [-0.1, -0.05) is 5.57 Å². The monoisotopic (exact) mass is 214 g/mol. The van der Waals surface area contributed by atoms with E-state index in [9.17, 15) is 0 Å². The van der Waals surface area contributed by atoms with Gasteiger partial charge in [-0.25, -0.2) is 0 Å². The Labute approximate surface area is 54.5 Å². The lowest BCUT2D eigenvalue weighted by Crippen LogP contribution is -1.43. The van der Waals surface area contributed by atoms with Crippen LogP contribution in [0.3, 0.4) is 0 Å². The summed E-state index contributed by atoms with van der Waals surface area (Å²) in [6.45, 7) is 7.50. The molecule has 6 heavy (non-hydrogen) atoms. The Bertz CT molecular complexity index is 28.5. The van der Waals surface area contributed by atoms with Gasteiger partial charge in [-0.15, -0.1) is 6.58 Å². The highest BCUT2D eigenvalue weighted by molar-refractivity contribution is 9.93. The molecule has 0 aliphatic carbocycles. The minimum Gasteiger partial charge on any atom is -0.100 e. The Kier molecular flexibility index (Phi) is 15.1. The third kappa shape index (κ3) is 131. The molecule has 0 aromatic heterocycles. The molecule has 0 aliphatic rings. The van der Waals surface area contributed by atoms with Gasteiger partial charge in [-0.3, -0.25) is 0 Å². The number of rotatable bonds is 0. The van der Waals surface area contributed by atoms with E-state index >= 15 is 0 Å². The van der Waals surface area contributed by atoms with E-state index in [0.29, 0.717) is 0 Å². The van der Waals surface area contributed by atoms with Crippen molar-refractivity contribution in [2.24, 2.45) is 0 Å². The first-order chi connectivity index (χ1) is 2.73. The van der Waals surface area contributed by atoms with Gasteiger partial charge in [0, 0.05) is 28.3 Å². The molecule has 0 atom stereocenters. The Morgan fingerprint density at radius 3 is 1.33 bits per heavy atom. The molecule has 0 aliphatic heterocycles. The van der Waals surface area contributed by atoms with Crippen LogP contribution in [0.5, 0.6) is 0 Å². The van der Waals surface area contributed by atoms with Crippen molar-refractivity contribution in [1.29, 1.82) is 0 Å². The molecular weight excluding hydrogens is 208 g/mol. The molecule has 0 aromatic carbocycles. The summed E-state index contributed by atoms with van der Waals surface area (Å²) in [6.07, 6.45) is 0. The summed E-state index contributed by atoms with van der Waals surface area (Å²) in [7, 11) is 0. The quantitative estimate of drug-likeness (QED) is 0.545. The van der Waals surface area contributed by atoms with Gasteiger partial charge in [0.15, 0.2) is 0 Å². The Morgan fingerprint density at radius 1 is 1.33 bits per heavy atom. The van der Waals surface area contributed by atoms with Gasteiger partial charge < -0.3 is 0 Å². The first-order valence-corrected chi connectivity index (χ1v) is 5.21. The van der Waals surface area contributed by atoms with Crippen LogP contribution in [0, 0.1) is 0 Å². The van der Waals surface area contributed by atoms with Gasteiger partial charge in [0.1, 0.15) is 0 Å². The van der Waals surface area contributed by atoms with Crippen molar-refractivity contribution in [3.8, 4) is 0 Å². The topological polar surface area (TPSA) is 0 Å². The summed E-state index contributed by atoms with van der Waals surface area (Å²) < 4.78 is 0. The molecule has 2 heteroatoms. The van der Waals surface area contributed by atoms with Crippen LogP contribution in [0.1, 0.15) is 13.8 Å². The van der Waals surface area contributed by atoms with E-state index in [1.807, 2.05) is 13.8 Å². The van der Waals surface area contributed by atoms with Crippen LogP contribution in [-0.4, -0.2) is 0 Å². The molecule has 0 radical (unpaired) electrons. The average molecular weight is 216 g/mol. The third-order valence-corrected chi connectivity index (χ3v) is 0. The molecule has 0 bridgehead atoms. The predicted octanol–water partition coefficient (Wildman–Crippen LogP) is 3.27. The van der Waals surface area contributed by atoms with Gasteiger partial charge in [-0.2, -0.15) is 0 Å². The highest BCUT2D eigenvalue weighted by Crippen LogP contribution is 1.85. The van der Waals surface area contributed by atoms with Crippen molar-refractivity contribution in [1.82, 2.24) is 0 Å².